The first-order chi connectivity index (χ1) is 11.3. The molecule has 0 spiro atoms. The predicted octanol–water partition coefficient (Wildman–Crippen LogP) is 2.61. The van der Waals surface area contributed by atoms with Crippen molar-refractivity contribution < 1.29 is 14.4 Å². The molecule has 1 atom stereocenters. The Morgan fingerprint density at radius 3 is 2.87 bits per heavy atom. The lowest BCUT2D eigenvalue weighted by Gasteiger charge is -2.10. The van der Waals surface area contributed by atoms with Gasteiger partial charge in [0, 0.05) is 30.1 Å². The molecule has 1 amide bonds. The van der Waals surface area contributed by atoms with Crippen molar-refractivity contribution in [3.8, 4) is 5.75 Å². The molecule has 0 saturated heterocycles. The molecule has 1 aromatic heterocycles. The lowest BCUT2D eigenvalue weighted by atomic mass is 10.1. The van der Waals surface area contributed by atoms with Crippen molar-refractivity contribution in [3.63, 3.8) is 0 Å². The van der Waals surface area contributed by atoms with Gasteiger partial charge in [-0.2, -0.15) is 0 Å². The summed E-state index contributed by atoms with van der Waals surface area (Å²) in [6.45, 7) is 2.53. The normalized spacial score (nSPS) is 16.4. The zero-order chi connectivity index (χ0) is 16.1. The van der Waals surface area contributed by atoms with Crippen molar-refractivity contribution >= 4 is 17.3 Å². The Hall–Kier alpha value is -2.89. The van der Waals surface area contributed by atoms with E-state index in [9.17, 15) is 4.79 Å². The smallest absolute Gasteiger partial charge is 0.268 e. The van der Waals surface area contributed by atoms with Crippen LogP contribution in [0.1, 0.15) is 18.9 Å². The second kappa shape index (κ2) is 6.91. The fourth-order valence-corrected chi connectivity index (χ4v) is 2.25. The van der Waals surface area contributed by atoms with Crippen LogP contribution in [0.25, 0.3) is 0 Å². The minimum absolute atomic E-state index is 0.225. The van der Waals surface area contributed by atoms with Crippen molar-refractivity contribution in [2.75, 3.05) is 11.9 Å². The van der Waals surface area contributed by atoms with E-state index in [1.807, 2.05) is 31.2 Å². The van der Waals surface area contributed by atoms with Crippen molar-refractivity contribution in [1.29, 1.82) is 0 Å². The number of pyridine rings is 1. The Kier molecular flexibility index (Phi) is 4.52. The van der Waals surface area contributed by atoms with Crippen LogP contribution in [0.3, 0.4) is 0 Å². The Bertz CT molecular complexity index is 699. The van der Waals surface area contributed by atoms with Gasteiger partial charge in [0.1, 0.15) is 5.75 Å². The predicted molar refractivity (Wildman–Crippen MR) is 86.5 cm³/mol. The summed E-state index contributed by atoms with van der Waals surface area (Å²) in [6, 6.07) is 10.9. The van der Waals surface area contributed by atoms with Crippen molar-refractivity contribution in [1.82, 2.24) is 4.98 Å². The molecule has 1 aromatic carbocycles. The summed E-state index contributed by atoms with van der Waals surface area (Å²) in [5.41, 5.74) is 2.28. The molecule has 0 aliphatic carbocycles. The molecule has 3 rings (SSSR count). The number of anilines is 1. The first kappa shape index (κ1) is 15.0. The van der Waals surface area contributed by atoms with Crippen molar-refractivity contribution in [3.05, 3.63) is 54.4 Å². The maximum Gasteiger partial charge on any atom is 0.268 e. The maximum atomic E-state index is 12.2. The summed E-state index contributed by atoms with van der Waals surface area (Å²) in [4.78, 5) is 21.5. The molecule has 0 bridgehead atoms. The third-order valence-electron chi connectivity index (χ3n) is 3.39. The fraction of sp³-hybridized carbons (Fsp3) is 0.235. The fourth-order valence-electron chi connectivity index (χ4n) is 2.25. The highest BCUT2D eigenvalue weighted by Crippen LogP contribution is 2.19. The topological polar surface area (TPSA) is 72.8 Å². The van der Waals surface area contributed by atoms with E-state index in [2.05, 4.69) is 15.5 Å². The third-order valence-corrected chi connectivity index (χ3v) is 3.39. The number of ether oxygens (including phenoxy) is 1. The highest BCUT2D eigenvalue weighted by molar-refractivity contribution is 6.05. The van der Waals surface area contributed by atoms with E-state index in [-0.39, 0.29) is 5.91 Å². The van der Waals surface area contributed by atoms with E-state index in [1.54, 1.807) is 24.5 Å². The number of nitrogens with one attached hydrogen (secondary N) is 1. The maximum absolute atomic E-state index is 12.2. The van der Waals surface area contributed by atoms with Gasteiger partial charge in [-0.25, -0.2) is 0 Å². The molecule has 118 valence electrons. The van der Waals surface area contributed by atoms with Crippen molar-refractivity contribution in [2.45, 2.75) is 19.4 Å². The summed E-state index contributed by atoms with van der Waals surface area (Å²) in [5, 5.41) is 6.80. The van der Waals surface area contributed by atoms with Gasteiger partial charge in [-0.15, -0.1) is 0 Å². The number of hydrogen-bond acceptors (Lipinski definition) is 5. The Morgan fingerprint density at radius 2 is 2.17 bits per heavy atom. The highest BCUT2D eigenvalue weighted by atomic mass is 16.6. The highest BCUT2D eigenvalue weighted by Gasteiger charge is 2.29. The quantitative estimate of drug-likeness (QED) is 0.921. The SMILES string of the molecule is CCOc1ccc(NC(=O)C2CC(c3cccnc3)=NO2)cc1. The molecule has 23 heavy (non-hydrogen) atoms. The number of benzene rings is 1. The Balaban J connectivity index is 1.58. The minimum atomic E-state index is -0.628. The molecule has 1 N–H and O–H groups in total. The monoisotopic (exact) mass is 311 g/mol. The molecular formula is C17H17N3O3. The van der Waals surface area contributed by atoms with Gasteiger partial charge in [-0.3, -0.25) is 9.78 Å². The number of amides is 1. The number of carbonyl (C=O) groups is 1. The molecule has 0 radical (unpaired) electrons. The number of oxime groups is 1. The van der Waals surface area contributed by atoms with Crippen molar-refractivity contribution in [2.24, 2.45) is 5.16 Å². The number of nitrogens with zero attached hydrogens (tertiary/aromatic N) is 2. The number of carbonyl (C=O) groups excluding carboxylic acids is 1. The lowest BCUT2D eigenvalue weighted by molar-refractivity contribution is -0.125. The zero-order valence-corrected chi connectivity index (χ0v) is 12.7. The van der Waals surface area contributed by atoms with Gasteiger partial charge in [0.15, 0.2) is 0 Å². The van der Waals surface area contributed by atoms with Crippen LogP contribution in [0.2, 0.25) is 0 Å². The Labute approximate surface area is 134 Å². The van der Waals surface area contributed by atoms with E-state index in [0.29, 0.717) is 18.7 Å². The van der Waals surface area contributed by atoms with Gasteiger partial charge < -0.3 is 14.9 Å². The first-order valence-electron chi connectivity index (χ1n) is 7.43. The van der Waals surface area contributed by atoms with E-state index in [1.165, 1.54) is 0 Å². The molecule has 0 fully saturated rings. The summed E-state index contributed by atoms with van der Waals surface area (Å²) in [6.07, 6.45) is 3.19. The molecule has 1 unspecified atom stereocenters. The summed E-state index contributed by atoms with van der Waals surface area (Å²) >= 11 is 0. The molecule has 6 nitrogen and oxygen atoms in total. The molecule has 2 aromatic rings. The molecule has 6 heteroatoms. The lowest BCUT2D eigenvalue weighted by Crippen LogP contribution is -2.28. The average molecular weight is 311 g/mol. The van der Waals surface area contributed by atoms with Crippen LogP contribution in [0.4, 0.5) is 5.69 Å². The molecule has 1 aliphatic rings. The number of hydrogen-bond donors (Lipinski definition) is 1. The largest absolute Gasteiger partial charge is 0.494 e. The molecule has 0 saturated carbocycles. The minimum Gasteiger partial charge on any atom is -0.494 e. The molecular weight excluding hydrogens is 294 g/mol. The number of aromatic nitrogens is 1. The average Bonchev–Trinajstić information content (AvgIpc) is 3.08. The van der Waals surface area contributed by atoms with Gasteiger partial charge in [0.05, 0.1) is 12.3 Å². The molecule has 2 heterocycles. The van der Waals surface area contributed by atoms with E-state index >= 15 is 0 Å². The first-order valence-corrected chi connectivity index (χ1v) is 7.43. The van der Waals surface area contributed by atoms with E-state index in [4.69, 9.17) is 9.57 Å². The van der Waals surface area contributed by atoms with Crippen LogP contribution in [-0.2, 0) is 9.63 Å². The van der Waals surface area contributed by atoms with Gasteiger partial charge >= 0.3 is 0 Å². The summed E-state index contributed by atoms with van der Waals surface area (Å²) in [5.74, 6) is 0.543. The zero-order valence-electron chi connectivity index (χ0n) is 12.7. The van der Waals surface area contributed by atoms with Crippen LogP contribution in [0.5, 0.6) is 5.75 Å². The number of rotatable bonds is 5. The summed E-state index contributed by atoms with van der Waals surface area (Å²) in [7, 11) is 0. The van der Waals surface area contributed by atoms with Crippen LogP contribution in [0.15, 0.2) is 53.9 Å². The Morgan fingerprint density at radius 1 is 1.35 bits per heavy atom. The van der Waals surface area contributed by atoms with Crippen LogP contribution in [0, 0.1) is 0 Å². The summed E-state index contributed by atoms with van der Waals surface area (Å²) < 4.78 is 5.37. The standard InChI is InChI=1S/C17H17N3O3/c1-2-22-14-7-5-13(6-8-14)19-17(21)16-10-15(20-23-16)12-4-3-9-18-11-12/h3-9,11,16H,2,10H2,1H3,(H,19,21). The van der Waals surface area contributed by atoms with Crippen LogP contribution >= 0.6 is 0 Å². The third kappa shape index (κ3) is 3.66. The van der Waals surface area contributed by atoms with Gasteiger partial charge in [-0.1, -0.05) is 5.16 Å². The second-order valence-corrected chi connectivity index (χ2v) is 5.02. The van der Waals surface area contributed by atoms with Gasteiger partial charge in [0.2, 0.25) is 6.10 Å². The van der Waals surface area contributed by atoms with Crippen LogP contribution < -0.4 is 10.1 Å². The van der Waals surface area contributed by atoms with E-state index in [0.717, 1.165) is 17.0 Å². The van der Waals surface area contributed by atoms with Gasteiger partial charge in [0.25, 0.3) is 5.91 Å². The van der Waals surface area contributed by atoms with Gasteiger partial charge in [-0.05, 0) is 43.3 Å². The van der Waals surface area contributed by atoms with E-state index < -0.39 is 6.10 Å². The van der Waals surface area contributed by atoms with Crippen LogP contribution in [-0.4, -0.2) is 29.3 Å². The molecule has 1 aliphatic heterocycles. The second-order valence-electron chi connectivity index (χ2n) is 5.02.